The largest absolute Gasteiger partial charge is 0.372 e. The van der Waals surface area contributed by atoms with Crippen molar-refractivity contribution < 1.29 is 17.6 Å². The molecule has 0 aliphatic carbocycles. The summed E-state index contributed by atoms with van der Waals surface area (Å²) >= 11 is 0. The van der Waals surface area contributed by atoms with E-state index in [1.54, 1.807) is 19.1 Å². The van der Waals surface area contributed by atoms with E-state index in [2.05, 4.69) is 28.8 Å². The van der Waals surface area contributed by atoms with E-state index in [0.717, 1.165) is 37.0 Å². The van der Waals surface area contributed by atoms with Gasteiger partial charge in [-0.3, -0.25) is 4.79 Å². The number of amides is 1. The Labute approximate surface area is 159 Å². The molecule has 146 valence electrons. The molecule has 0 saturated heterocycles. The topological polar surface area (TPSA) is 78.5 Å². The van der Waals surface area contributed by atoms with Crippen molar-refractivity contribution in [3.63, 3.8) is 0 Å². The number of nitrogens with zero attached hydrogens (tertiary/aromatic N) is 1. The predicted molar refractivity (Wildman–Crippen MR) is 105 cm³/mol. The van der Waals surface area contributed by atoms with Gasteiger partial charge in [-0.2, -0.15) is 0 Å². The minimum Gasteiger partial charge on any atom is -0.372 e. The van der Waals surface area contributed by atoms with Gasteiger partial charge in [-0.05, 0) is 56.3 Å². The maximum absolute atomic E-state index is 14.1. The average molecular weight is 393 g/mol. The van der Waals surface area contributed by atoms with Crippen molar-refractivity contribution in [2.75, 3.05) is 29.9 Å². The molecule has 6 nitrogen and oxygen atoms in total. The number of benzene rings is 2. The second-order valence-corrected chi connectivity index (χ2v) is 7.58. The summed E-state index contributed by atoms with van der Waals surface area (Å²) in [7, 11) is -3.78. The molecular weight excluding hydrogens is 369 g/mol. The number of anilines is 2. The number of carbonyl (C=O) groups excluding carboxylic acids is 1. The van der Waals surface area contributed by atoms with Gasteiger partial charge in [0.1, 0.15) is 5.82 Å². The Kier molecular flexibility index (Phi) is 6.92. The van der Waals surface area contributed by atoms with E-state index < -0.39 is 21.7 Å². The zero-order chi connectivity index (χ0) is 20.0. The molecular formula is C19H24FN3O3S. The van der Waals surface area contributed by atoms with Crippen LogP contribution in [0, 0.1) is 5.82 Å². The lowest BCUT2D eigenvalue weighted by Crippen LogP contribution is -2.24. The van der Waals surface area contributed by atoms with E-state index in [0.29, 0.717) is 5.69 Å². The van der Waals surface area contributed by atoms with Gasteiger partial charge in [0, 0.05) is 31.0 Å². The lowest BCUT2D eigenvalue weighted by atomic mass is 10.2. The van der Waals surface area contributed by atoms with E-state index in [-0.39, 0.29) is 17.0 Å². The Hall–Kier alpha value is -2.45. The highest BCUT2D eigenvalue weighted by Gasteiger charge is 2.19. The highest BCUT2D eigenvalue weighted by molar-refractivity contribution is 7.89. The lowest BCUT2D eigenvalue weighted by molar-refractivity contribution is 0.102. The molecule has 0 heterocycles. The van der Waals surface area contributed by atoms with Gasteiger partial charge < -0.3 is 10.2 Å². The molecule has 0 spiro atoms. The first-order valence-corrected chi connectivity index (χ1v) is 10.3. The smallest absolute Gasteiger partial charge is 0.258 e. The first-order chi connectivity index (χ1) is 12.8. The Morgan fingerprint density at radius 3 is 2.22 bits per heavy atom. The van der Waals surface area contributed by atoms with Gasteiger partial charge in [0.25, 0.3) is 5.91 Å². The SMILES string of the molecule is CCNS(=O)(=O)c1ccc(F)c(C(=O)Nc2ccc(N(CC)CC)cc2)c1. The first kappa shape index (κ1) is 20.9. The molecule has 0 aliphatic heterocycles. The molecule has 2 rings (SSSR count). The third-order valence-electron chi connectivity index (χ3n) is 4.08. The van der Waals surface area contributed by atoms with E-state index in [4.69, 9.17) is 0 Å². The second-order valence-electron chi connectivity index (χ2n) is 5.82. The van der Waals surface area contributed by atoms with Crippen LogP contribution in [0.15, 0.2) is 47.4 Å². The zero-order valence-electron chi connectivity index (χ0n) is 15.6. The summed E-state index contributed by atoms with van der Waals surface area (Å²) in [5, 5.41) is 2.60. The minimum atomic E-state index is -3.78. The van der Waals surface area contributed by atoms with Gasteiger partial charge in [-0.1, -0.05) is 6.92 Å². The van der Waals surface area contributed by atoms with Crippen molar-refractivity contribution in [2.45, 2.75) is 25.7 Å². The van der Waals surface area contributed by atoms with Crippen LogP contribution in [0.3, 0.4) is 0 Å². The van der Waals surface area contributed by atoms with Gasteiger partial charge in [-0.15, -0.1) is 0 Å². The van der Waals surface area contributed by atoms with Crippen LogP contribution in [0.1, 0.15) is 31.1 Å². The number of rotatable bonds is 8. The van der Waals surface area contributed by atoms with E-state index >= 15 is 0 Å². The van der Waals surface area contributed by atoms with Gasteiger partial charge in [0.2, 0.25) is 10.0 Å². The summed E-state index contributed by atoms with van der Waals surface area (Å²) < 4.78 is 40.5. The molecule has 0 radical (unpaired) electrons. The molecule has 0 atom stereocenters. The fraction of sp³-hybridized carbons (Fsp3) is 0.316. The molecule has 2 N–H and O–H groups in total. The van der Waals surface area contributed by atoms with Crippen molar-refractivity contribution >= 4 is 27.3 Å². The minimum absolute atomic E-state index is 0.159. The molecule has 0 aromatic heterocycles. The quantitative estimate of drug-likeness (QED) is 0.722. The third-order valence-corrected chi connectivity index (χ3v) is 5.62. The summed E-state index contributed by atoms with van der Waals surface area (Å²) in [6.45, 7) is 7.66. The molecule has 8 heteroatoms. The Balaban J connectivity index is 2.23. The molecule has 27 heavy (non-hydrogen) atoms. The van der Waals surface area contributed by atoms with Crippen LogP contribution in [0.4, 0.5) is 15.8 Å². The van der Waals surface area contributed by atoms with Crippen LogP contribution in [0.2, 0.25) is 0 Å². The molecule has 0 unspecified atom stereocenters. The van der Waals surface area contributed by atoms with Crippen molar-refractivity contribution in [3.8, 4) is 0 Å². The van der Waals surface area contributed by atoms with Crippen LogP contribution in [0.5, 0.6) is 0 Å². The van der Waals surface area contributed by atoms with Crippen molar-refractivity contribution in [1.29, 1.82) is 0 Å². The highest BCUT2D eigenvalue weighted by atomic mass is 32.2. The maximum atomic E-state index is 14.1. The highest BCUT2D eigenvalue weighted by Crippen LogP contribution is 2.20. The van der Waals surface area contributed by atoms with Crippen molar-refractivity contribution in [3.05, 3.63) is 53.8 Å². The van der Waals surface area contributed by atoms with Crippen LogP contribution in [0.25, 0.3) is 0 Å². The number of carbonyl (C=O) groups is 1. The number of halogens is 1. The van der Waals surface area contributed by atoms with Gasteiger partial charge >= 0.3 is 0 Å². The van der Waals surface area contributed by atoms with E-state index in [1.165, 1.54) is 0 Å². The number of hydrogen-bond donors (Lipinski definition) is 2. The predicted octanol–water partition coefficient (Wildman–Crippen LogP) is 3.22. The first-order valence-electron chi connectivity index (χ1n) is 8.78. The summed E-state index contributed by atoms with van der Waals surface area (Å²) in [5.41, 5.74) is 1.18. The summed E-state index contributed by atoms with van der Waals surface area (Å²) in [4.78, 5) is 14.4. The molecule has 0 fully saturated rings. The Morgan fingerprint density at radius 1 is 1.04 bits per heavy atom. The van der Waals surface area contributed by atoms with Gasteiger partial charge in [0.15, 0.2) is 0 Å². The van der Waals surface area contributed by atoms with Gasteiger partial charge in [-0.25, -0.2) is 17.5 Å². The average Bonchev–Trinajstić information content (AvgIpc) is 2.64. The van der Waals surface area contributed by atoms with E-state index in [1.807, 2.05) is 12.1 Å². The van der Waals surface area contributed by atoms with Crippen LogP contribution in [-0.2, 0) is 10.0 Å². The monoisotopic (exact) mass is 393 g/mol. The lowest BCUT2D eigenvalue weighted by Gasteiger charge is -2.21. The van der Waals surface area contributed by atoms with E-state index in [9.17, 15) is 17.6 Å². The zero-order valence-corrected chi connectivity index (χ0v) is 16.4. The number of hydrogen-bond acceptors (Lipinski definition) is 4. The molecule has 2 aromatic carbocycles. The number of sulfonamides is 1. The van der Waals surface area contributed by atoms with Crippen LogP contribution < -0.4 is 14.9 Å². The molecule has 0 bridgehead atoms. The fourth-order valence-electron chi connectivity index (χ4n) is 2.66. The normalized spacial score (nSPS) is 11.3. The number of nitrogens with one attached hydrogen (secondary N) is 2. The fourth-order valence-corrected chi connectivity index (χ4v) is 3.73. The van der Waals surface area contributed by atoms with Crippen molar-refractivity contribution in [2.24, 2.45) is 0 Å². The molecule has 0 aliphatic rings. The second kappa shape index (κ2) is 8.96. The molecule has 1 amide bonds. The van der Waals surface area contributed by atoms with Gasteiger partial charge in [0.05, 0.1) is 10.5 Å². The Bertz CT molecular complexity index is 895. The standard InChI is InChI=1S/C19H24FN3O3S/c1-4-21-27(25,26)16-11-12-18(20)17(13-16)19(24)22-14-7-9-15(10-8-14)23(5-2)6-3/h7-13,21H,4-6H2,1-3H3,(H,22,24). The molecule has 0 saturated carbocycles. The maximum Gasteiger partial charge on any atom is 0.258 e. The summed E-state index contributed by atoms with van der Waals surface area (Å²) in [5.74, 6) is -1.50. The molecule has 2 aromatic rings. The van der Waals surface area contributed by atoms with Crippen LogP contribution >= 0.6 is 0 Å². The Morgan fingerprint density at radius 2 is 1.67 bits per heavy atom. The summed E-state index contributed by atoms with van der Waals surface area (Å²) in [6, 6.07) is 10.3. The van der Waals surface area contributed by atoms with Crippen molar-refractivity contribution in [1.82, 2.24) is 4.72 Å². The summed E-state index contributed by atoms with van der Waals surface area (Å²) in [6.07, 6.45) is 0. The third kappa shape index (κ3) is 5.05. The van der Waals surface area contributed by atoms with Crippen LogP contribution in [-0.4, -0.2) is 34.0 Å².